The van der Waals surface area contributed by atoms with Crippen LogP contribution >= 0.6 is 0 Å². The molecule has 27 heavy (non-hydrogen) atoms. The molecule has 2 aliphatic rings. The number of rotatable bonds is 4. The molecule has 0 amide bonds. The number of ketones is 1. The molecule has 5 heteroatoms. The van der Waals surface area contributed by atoms with E-state index >= 15 is 0 Å². The second-order valence-corrected chi connectivity index (χ2v) is 8.16. The highest BCUT2D eigenvalue weighted by Gasteiger charge is 2.43. The molecule has 0 aromatic heterocycles. The Kier molecular flexibility index (Phi) is 5.13. The Labute approximate surface area is 160 Å². The maximum Gasteiger partial charge on any atom is 0.336 e. The van der Waals surface area contributed by atoms with E-state index in [2.05, 4.69) is 19.2 Å². The summed E-state index contributed by atoms with van der Waals surface area (Å²) in [6, 6.07) is 6.70. The summed E-state index contributed by atoms with van der Waals surface area (Å²) in [7, 11) is 0. The van der Waals surface area contributed by atoms with Crippen molar-refractivity contribution in [2.24, 2.45) is 5.41 Å². The minimum Gasteiger partial charge on any atom is -0.508 e. The quantitative estimate of drug-likeness (QED) is 0.786. The molecule has 1 aromatic carbocycles. The Hall–Kier alpha value is -2.56. The van der Waals surface area contributed by atoms with E-state index in [0.717, 1.165) is 29.8 Å². The van der Waals surface area contributed by atoms with E-state index in [-0.39, 0.29) is 16.9 Å². The number of phenolic OH excluding ortho intramolecular Hbond substituents is 1. The molecule has 1 heterocycles. The average molecular weight is 369 g/mol. The summed E-state index contributed by atoms with van der Waals surface area (Å²) >= 11 is 0. The second kappa shape index (κ2) is 7.22. The van der Waals surface area contributed by atoms with Gasteiger partial charge in [0.1, 0.15) is 5.75 Å². The fraction of sp³-hybridized carbons (Fsp3) is 0.455. The van der Waals surface area contributed by atoms with E-state index in [1.165, 1.54) is 0 Å². The van der Waals surface area contributed by atoms with Crippen molar-refractivity contribution in [3.05, 3.63) is 52.4 Å². The summed E-state index contributed by atoms with van der Waals surface area (Å²) in [6.07, 6.45) is 1.92. The molecule has 0 fully saturated rings. The molecule has 0 saturated carbocycles. The molecule has 3 rings (SSSR count). The summed E-state index contributed by atoms with van der Waals surface area (Å²) in [6.45, 7) is 8.29. The second-order valence-electron chi connectivity index (χ2n) is 8.16. The summed E-state index contributed by atoms with van der Waals surface area (Å²) < 4.78 is 5.41. The zero-order valence-corrected chi connectivity index (χ0v) is 16.4. The molecule has 1 aromatic rings. The summed E-state index contributed by atoms with van der Waals surface area (Å²) in [4.78, 5) is 25.9. The third-order valence-electron chi connectivity index (χ3n) is 5.12. The van der Waals surface area contributed by atoms with Crippen LogP contribution in [0.2, 0.25) is 0 Å². The molecule has 5 nitrogen and oxygen atoms in total. The Bertz CT molecular complexity index is 830. The number of aromatic hydroxyl groups is 1. The Morgan fingerprint density at radius 2 is 1.93 bits per heavy atom. The van der Waals surface area contributed by atoms with Crippen LogP contribution in [0.4, 0.5) is 0 Å². The maximum atomic E-state index is 13.1. The van der Waals surface area contributed by atoms with Crippen LogP contribution in [0.1, 0.15) is 58.4 Å². The van der Waals surface area contributed by atoms with Crippen LogP contribution in [0.5, 0.6) is 5.75 Å². The number of benzene rings is 1. The van der Waals surface area contributed by atoms with Gasteiger partial charge < -0.3 is 15.2 Å². The molecular weight excluding hydrogens is 342 g/mol. The zero-order chi connectivity index (χ0) is 19.8. The number of hydrogen-bond acceptors (Lipinski definition) is 5. The molecule has 0 bridgehead atoms. The van der Waals surface area contributed by atoms with Crippen molar-refractivity contribution in [2.45, 2.75) is 52.9 Å². The van der Waals surface area contributed by atoms with Gasteiger partial charge in [0.05, 0.1) is 12.2 Å². The molecule has 2 N–H and O–H groups in total. The van der Waals surface area contributed by atoms with Gasteiger partial charge in [0.2, 0.25) is 0 Å². The fourth-order valence-corrected chi connectivity index (χ4v) is 3.98. The van der Waals surface area contributed by atoms with Crippen molar-refractivity contribution in [3.63, 3.8) is 0 Å². The van der Waals surface area contributed by atoms with E-state index in [9.17, 15) is 14.7 Å². The maximum absolute atomic E-state index is 13.1. The molecule has 0 spiro atoms. The molecule has 1 unspecified atom stereocenters. The standard InChI is InChI=1S/C22H27NO4/c1-5-10-27-21(26)18-13(2)23-16-11-22(3,4)12-17(25)20(16)19(18)14-6-8-15(24)9-7-14/h6-9,19,23-24H,5,10-12H2,1-4H3. The van der Waals surface area contributed by atoms with Crippen LogP contribution < -0.4 is 5.32 Å². The Morgan fingerprint density at radius 1 is 1.26 bits per heavy atom. The number of carbonyl (C=O) groups is 2. The third-order valence-corrected chi connectivity index (χ3v) is 5.12. The predicted molar refractivity (Wildman–Crippen MR) is 103 cm³/mol. The summed E-state index contributed by atoms with van der Waals surface area (Å²) in [5, 5.41) is 13.0. The number of hydrogen-bond donors (Lipinski definition) is 2. The van der Waals surface area contributed by atoms with E-state index < -0.39 is 11.9 Å². The minimum atomic E-state index is -0.477. The number of Topliss-reactive ketones (excluding diaryl/α,β-unsaturated/α-hetero) is 1. The van der Waals surface area contributed by atoms with E-state index in [4.69, 9.17) is 4.74 Å². The predicted octanol–water partition coefficient (Wildman–Crippen LogP) is 3.95. The zero-order valence-electron chi connectivity index (χ0n) is 16.4. The van der Waals surface area contributed by atoms with Gasteiger partial charge in [0.15, 0.2) is 5.78 Å². The highest BCUT2D eigenvalue weighted by atomic mass is 16.5. The van der Waals surface area contributed by atoms with Crippen LogP contribution in [0.3, 0.4) is 0 Å². The lowest BCUT2D eigenvalue weighted by molar-refractivity contribution is -0.139. The van der Waals surface area contributed by atoms with E-state index in [1.807, 2.05) is 13.8 Å². The Balaban J connectivity index is 2.12. The molecule has 0 radical (unpaired) electrons. The van der Waals surface area contributed by atoms with E-state index in [0.29, 0.717) is 24.2 Å². The third kappa shape index (κ3) is 3.77. The van der Waals surface area contributed by atoms with Crippen molar-refractivity contribution >= 4 is 11.8 Å². The van der Waals surface area contributed by atoms with Gasteiger partial charge in [-0.05, 0) is 42.9 Å². The lowest BCUT2D eigenvalue weighted by Crippen LogP contribution is -2.38. The molecule has 1 atom stereocenters. The lowest BCUT2D eigenvalue weighted by Gasteiger charge is -2.39. The summed E-state index contributed by atoms with van der Waals surface area (Å²) in [5.74, 6) is -0.673. The first-order chi connectivity index (χ1) is 12.7. The molecule has 0 saturated heterocycles. The first-order valence-electron chi connectivity index (χ1n) is 9.43. The smallest absolute Gasteiger partial charge is 0.336 e. The first kappa shape index (κ1) is 19.2. The van der Waals surface area contributed by atoms with Crippen LogP contribution in [0, 0.1) is 5.41 Å². The van der Waals surface area contributed by atoms with Crippen molar-refractivity contribution in [3.8, 4) is 5.75 Å². The van der Waals surface area contributed by atoms with Crippen LogP contribution in [-0.4, -0.2) is 23.5 Å². The number of phenols is 1. The van der Waals surface area contributed by atoms with Gasteiger partial charge in [-0.3, -0.25) is 4.79 Å². The van der Waals surface area contributed by atoms with Crippen molar-refractivity contribution in [1.82, 2.24) is 5.32 Å². The van der Waals surface area contributed by atoms with Gasteiger partial charge in [-0.15, -0.1) is 0 Å². The lowest BCUT2D eigenvalue weighted by atomic mass is 9.68. The van der Waals surface area contributed by atoms with Crippen molar-refractivity contribution in [2.75, 3.05) is 6.61 Å². The number of nitrogens with one attached hydrogen (secondary N) is 1. The van der Waals surface area contributed by atoms with Crippen LogP contribution in [-0.2, 0) is 14.3 Å². The van der Waals surface area contributed by atoms with Crippen molar-refractivity contribution in [1.29, 1.82) is 0 Å². The van der Waals surface area contributed by atoms with Gasteiger partial charge >= 0.3 is 5.97 Å². The molecule has 144 valence electrons. The monoisotopic (exact) mass is 369 g/mol. The minimum absolute atomic E-state index is 0.0557. The van der Waals surface area contributed by atoms with Crippen LogP contribution in [0.25, 0.3) is 0 Å². The summed E-state index contributed by atoms with van der Waals surface area (Å²) in [5.41, 5.74) is 3.41. The fourth-order valence-electron chi connectivity index (χ4n) is 3.98. The first-order valence-corrected chi connectivity index (χ1v) is 9.43. The number of ether oxygens (including phenoxy) is 1. The van der Waals surface area contributed by atoms with Gasteiger partial charge in [0.25, 0.3) is 0 Å². The average Bonchev–Trinajstić information content (AvgIpc) is 2.58. The Morgan fingerprint density at radius 3 is 2.56 bits per heavy atom. The molecular formula is C22H27NO4. The molecule has 1 aliphatic carbocycles. The van der Waals surface area contributed by atoms with Crippen molar-refractivity contribution < 1.29 is 19.4 Å². The highest BCUT2D eigenvalue weighted by Crippen LogP contribution is 2.46. The number of dihydropyridines is 1. The van der Waals surface area contributed by atoms with E-state index in [1.54, 1.807) is 24.3 Å². The van der Waals surface area contributed by atoms with Gasteiger partial charge in [0, 0.05) is 29.3 Å². The number of esters is 1. The number of allylic oxidation sites excluding steroid dienone is 3. The largest absolute Gasteiger partial charge is 0.508 e. The normalized spacial score (nSPS) is 21.6. The number of carbonyl (C=O) groups excluding carboxylic acids is 2. The van der Waals surface area contributed by atoms with Gasteiger partial charge in [-0.2, -0.15) is 0 Å². The highest BCUT2D eigenvalue weighted by molar-refractivity contribution is 6.04. The van der Waals surface area contributed by atoms with Gasteiger partial charge in [-0.1, -0.05) is 32.9 Å². The van der Waals surface area contributed by atoms with Crippen LogP contribution in [0.15, 0.2) is 46.8 Å². The molecule has 1 aliphatic heterocycles. The topological polar surface area (TPSA) is 75.6 Å². The van der Waals surface area contributed by atoms with Gasteiger partial charge in [-0.25, -0.2) is 4.79 Å². The SMILES string of the molecule is CCCOC(=O)C1=C(C)NC2=C(C(=O)CC(C)(C)C2)C1c1ccc(O)cc1.